The molecule has 1 aromatic heterocycles. The van der Waals surface area contributed by atoms with E-state index in [0.29, 0.717) is 18.3 Å². The van der Waals surface area contributed by atoms with E-state index in [1.165, 1.54) is 24.0 Å². The Bertz CT molecular complexity index is 522. The summed E-state index contributed by atoms with van der Waals surface area (Å²) in [4.78, 5) is 26.0. The van der Waals surface area contributed by atoms with Crippen LogP contribution in [0.5, 0.6) is 0 Å². The molecule has 2 aliphatic heterocycles. The number of imide groups is 1. The van der Waals surface area contributed by atoms with Gasteiger partial charge in [0.2, 0.25) is 0 Å². The molecular formula is C15H21N3O3. The van der Waals surface area contributed by atoms with Gasteiger partial charge in [-0.3, -0.25) is 9.69 Å². The highest BCUT2D eigenvalue weighted by molar-refractivity contribution is 6.06. The van der Waals surface area contributed by atoms with Gasteiger partial charge in [0.05, 0.1) is 6.26 Å². The SMILES string of the molecule is CC1(c2ccco2)NC(=O)N(CCC2CCCCN2)C1=O. The van der Waals surface area contributed by atoms with Crippen LogP contribution < -0.4 is 10.6 Å². The van der Waals surface area contributed by atoms with E-state index in [-0.39, 0.29) is 11.9 Å². The zero-order valence-corrected chi connectivity index (χ0v) is 12.2. The minimum atomic E-state index is -1.08. The third-order valence-corrected chi connectivity index (χ3v) is 4.40. The maximum absolute atomic E-state index is 12.6. The Balaban J connectivity index is 1.66. The second kappa shape index (κ2) is 5.52. The van der Waals surface area contributed by atoms with Crippen LogP contribution in [-0.4, -0.2) is 36.0 Å². The van der Waals surface area contributed by atoms with Crippen molar-refractivity contribution in [2.75, 3.05) is 13.1 Å². The number of piperidine rings is 1. The summed E-state index contributed by atoms with van der Waals surface area (Å²) in [5, 5.41) is 6.18. The van der Waals surface area contributed by atoms with Crippen molar-refractivity contribution in [2.45, 2.75) is 44.2 Å². The number of urea groups is 1. The Hall–Kier alpha value is -1.82. The quantitative estimate of drug-likeness (QED) is 0.826. The zero-order valence-electron chi connectivity index (χ0n) is 12.2. The molecule has 2 unspecified atom stereocenters. The number of hydrogen-bond donors (Lipinski definition) is 2. The Labute approximate surface area is 123 Å². The van der Waals surface area contributed by atoms with Gasteiger partial charge in [0.15, 0.2) is 5.54 Å². The maximum atomic E-state index is 12.6. The van der Waals surface area contributed by atoms with Crippen molar-refractivity contribution in [3.63, 3.8) is 0 Å². The number of amides is 3. The molecule has 2 aliphatic rings. The first kappa shape index (κ1) is 14.1. The van der Waals surface area contributed by atoms with Crippen LogP contribution in [0.3, 0.4) is 0 Å². The summed E-state index contributed by atoms with van der Waals surface area (Å²) >= 11 is 0. The van der Waals surface area contributed by atoms with E-state index in [1.807, 2.05) is 0 Å². The van der Waals surface area contributed by atoms with E-state index >= 15 is 0 Å². The van der Waals surface area contributed by atoms with Gasteiger partial charge in [-0.15, -0.1) is 0 Å². The summed E-state index contributed by atoms with van der Waals surface area (Å²) in [6.07, 6.45) is 5.83. The highest BCUT2D eigenvalue weighted by atomic mass is 16.3. The number of nitrogens with zero attached hydrogens (tertiary/aromatic N) is 1. The van der Waals surface area contributed by atoms with E-state index < -0.39 is 5.54 Å². The van der Waals surface area contributed by atoms with Gasteiger partial charge in [-0.05, 0) is 44.9 Å². The second-order valence-electron chi connectivity index (χ2n) is 5.92. The van der Waals surface area contributed by atoms with E-state index in [4.69, 9.17) is 4.42 Å². The maximum Gasteiger partial charge on any atom is 0.325 e. The molecule has 3 amide bonds. The van der Waals surface area contributed by atoms with Crippen LogP contribution in [0.1, 0.15) is 38.4 Å². The summed E-state index contributed by atoms with van der Waals surface area (Å²) in [5.41, 5.74) is -1.08. The summed E-state index contributed by atoms with van der Waals surface area (Å²) in [6.45, 7) is 3.15. The molecule has 0 bridgehead atoms. The first-order valence-corrected chi connectivity index (χ1v) is 7.53. The van der Waals surface area contributed by atoms with Crippen LogP contribution in [0, 0.1) is 0 Å². The molecule has 2 saturated heterocycles. The summed E-state index contributed by atoms with van der Waals surface area (Å²) in [5.74, 6) is 0.234. The average molecular weight is 291 g/mol. The lowest BCUT2D eigenvalue weighted by Gasteiger charge is -2.25. The lowest BCUT2D eigenvalue weighted by Crippen LogP contribution is -2.41. The summed E-state index contributed by atoms with van der Waals surface area (Å²) in [6, 6.07) is 3.49. The largest absolute Gasteiger partial charge is 0.466 e. The minimum absolute atomic E-state index is 0.238. The van der Waals surface area contributed by atoms with Crippen LogP contribution in [-0.2, 0) is 10.3 Å². The number of carbonyl (C=O) groups is 2. The molecule has 0 spiro atoms. The Morgan fingerprint density at radius 3 is 2.95 bits per heavy atom. The molecule has 0 aromatic carbocycles. The first-order chi connectivity index (χ1) is 10.1. The molecule has 6 heteroatoms. The molecule has 21 heavy (non-hydrogen) atoms. The molecule has 2 atom stereocenters. The smallest absolute Gasteiger partial charge is 0.325 e. The van der Waals surface area contributed by atoms with E-state index in [1.54, 1.807) is 19.1 Å². The van der Waals surface area contributed by atoms with Crippen molar-refractivity contribution in [1.82, 2.24) is 15.5 Å². The van der Waals surface area contributed by atoms with Gasteiger partial charge < -0.3 is 15.1 Å². The Morgan fingerprint density at radius 2 is 2.29 bits per heavy atom. The van der Waals surface area contributed by atoms with Gasteiger partial charge >= 0.3 is 6.03 Å². The van der Waals surface area contributed by atoms with Gasteiger partial charge in [-0.1, -0.05) is 6.42 Å². The molecule has 114 valence electrons. The molecular weight excluding hydrogens is 270 g/mol. The Kier molecular flexibility index (Phi) is 3.71. The molecule has 3 rings (SSSR count). The van der Waals surface area contributed by atoms with Gasteiger partial charge in [-0.2, -0.15) is 0 Å². The van der Waals surface area contributed by atoms with E-state index in [9.17, 15) is 9.59 Å². The van der Waals surface area contributed by atoms with Crippen molar-refractivity contribution in [3.8, 4) is 0 Å². The average Bonchev–Trinajstić information content (AvgIpc) is 3.09. The number of carbonyl (C=O) groups excluding carboxylic acids is 2. The van der Waals surface area contributed by atoms with Crippen LogP contribution in [0.4, 0.5) is 4.79 Å². The van der Waals surface area contributed by atoms with Crippen molar-refractivity contribution in [2.24, 2.45) is 0 Å². The third-order valence-electron chi connectivity index (χ3n) is 4.40. The molecule has 6 nitrogen and oxygen atoms in total. The number of furan rings is 1. The summed E-state index contributed by atoms with van der Waals surface area (Å²) in [7, 11) is 0. The van der Waals surface area contributed by atoms with Gasteiger partial charge in [0.25, 0.3) is 5.91 Å². The number of rotatable bonds is 4. The van der Waals surface area contributed by atoms with Crippen molar-refractivity contribution >= 4 is 11.9 Å². The molecule has 0 saturated carbocycles. The van der Waals surface area contributed by atoms with Crippen LogP contribution >= 0.6 is 0 Å². The fraction of sp³-hybridized carbons (Fsp3) is 0.600. The van der Waals surface area contributed by atoms with Crippen LogP contribution in [0.15, 0.2) is 22.8 Å². The molecule has 2 N–H and O–H groups in total. The fourth-order valence-corrected chi connectivity index (χ4v) is 3.09. The Morgan fingerprint density at radius 1 is 1.43 bits per heavy atom. The summed E-state index contributed by atoms with van der Waals surface area (Å²) < 4.78 is 5.31. The van der Waals surface area contributed by atoms with Crippen LogP contribution in [0.2, 0.25) is 0 Å². The van der Waals surface area contributed by atoms with Crippen molar-refractivity contribution in [3.05, 3.63) is 24.2 Å². The second-order valence-corrected chi connectivity index (χ2v) is 5.92. The van der Waals surface area contributed by atoms with Crippen molar-refractivity contribution < 1.29 is 14.0 Å². The number of hydrogen-bond acceptors (Lipinski definition) is 4. The zero-order chi connectivity index (χ0) is 14.9. The lowest BCUT2D eigenvalue weighted by atomic mass is 9.98. The lowest BCUT2D eigenvalue weighted by molar-refractivity contribution is -0.131. The third kappa shape index (κ3) is 2.55. The standard InChI is InChI=1S/C15H21N3O3/c1-15(12-6-4-10-21-12)13(19)18(14(20)17-15)9-7-11-5-2-3-8-16-11/h4,6,10-11,16H,2-3,5,7-9H2,1H3,(H,17,20). The normalized spacial score (nSPS) is 29.8. The fourth-order valence-electron chi connectivity index (χ4n) is 3.09. The van der Waals surface area contributed by atoms with Gasteiger partial charge in [0, 0.05) is 12.6 Å². The van der Waals surface area contributed by atoms with E-state index in [2.05, 4.69) is 10.6 Å². The van der Waals surface area contributed by atoms with E-state index in [0.717, 1.165) is 19.4 Å². The van der Waals surface area contributed by atoms with Gasteiger partial charge in [-0.25, -0.2) is 4.79 Å². The molecule has 1 aromatic rings. The molecule has 3 heterocycles. The monoisotopic (exact) mass is 291 g/mol. The molecule has 0 aliphatic carbocycles. The predicted octanol–water partition coefficient (Wildman–Crippen LogP) is 1.58. The highest BCUT2D eigenvalue weighted by Crippen LogP contribution is 2.29. The topological polar surface area (TPSA) is 74.6 Å². The molecule has 2 fully saturated rings. The minimum Gasteiger partial charge on any atom is -0.466 e. The molecule has 0 radical (unpaired) electrons. The van der Waals surface area contributed by atoms with Crippen molar-refractivity contribution in [1.29, 1.82) is 0 Å². The highest BCUT2D eigenvalue weighted by Gasteiger charge is 2.50. The number of nitrogens with one attached hydrogen (secondary N) is 2. The predicted molar refractivity (Wildman–Crippen MR) is 76.6 cm³/mol. The van der Waals surface area contributed by atoms with Crippen LogP contribution in [0.25, 0.3) is 0 Å². The van der Waals surface area contributed by atoms with Gasteiger partial charge in [0.1, 0.15) is 5.76 Å². The first-order valence-electron chi connectivity index (χ1n) is 7.53.